The van der Waals surface area contributed by atoms with E-state index in [1.807, 2.05) is 81.4 Å². The Morgan fingerprint density at radius 1 is 0.647 bits per heavy atom. The summed E-state index contributed by atoms with van der Waals surface area (Å²) in [5.41, 5.74) is 0.646. The van der Waals surface area contributed by atoms with E-state index in [9.17, 15) is 19.2 Å². The van der Waals surface area contributed by atoms with Gasteiger partial charge in [0, 0.05) is 58.9 Å². The van der Waals surface area contributed by atoms with Gasteiger partial charge < -0.3 is 19.3 Å². The van der Waals surface area contributed by atoms with Crippen molar-refractivity contribution in [3.63, 3.8) is 0 Å². The standard InChI is InChI=1S/C39H54N6O6/c1-24(2)42(32(46)22-44-30-20-26(50-11)14-16-28(30)34(40-44)36(48)38(5,6)7)18-13-19-43(25(3)4)33(47)23-45-31-21-27(51-12)15-17-29(31)35(41-45)37(49)39(8,9)10/h14-17,20-21,24-25H,13,18-19,22-23H2,1-12H3. The summed E-state index contributed by atoms with van der Waals surface area (Å²) < 4.78 is 14.0. The summed E-state index contributed by atoms with van der Waals surface area (Å²) in [6.07, 6.45) is 0.538. The van der Waals surface area contributed by atoms with E-state index in [-0.39, 0.29) is 48.6 Å². The van der Waals surface area contributed by atoms with Gasteiger partial charge in [0.25, 0.3) is 0 Å². The number of aromatic nitrogens is 4. The van der Waals surface area contributed by atoms with Gasteiger partial charge in [-0.2, -0.15) is 10.2 Å². The predicted octanol–water partition coefficient (Wildman–Crippen LogP) is 6.43. The van der Waals surface area contributed by atoms with E-state index in [1.165, 1.54) is 0 Å². The molecule has 0 bridgehead atoms. The number of nitrogens with zero attached hydrogens (tertiary/aromatic N) is 6. The van der Waals surface area contributed by atoms with Gasteiger partial charge in [0.05, 0.1) is 25.3 Å². The van der Waals surface area contributed by atoms with Crippen molar-refractivity contribution in [3.8, 4) is 11.5 Å². The smallest absolute Gasteiger partial charge is 0.244 e. The first-order valence-corrected chi connectivity index (χ1v) is 17.6. The summed E-state index contributed by atoms with van der Waals surface area (Å²) >= 11 is 0. The Hall–Kier alpha value is -4.74. The second kappa shape index (κ2) is 15.2. The summed E-state index contributed by atoms with van der Waals surface area (Å²) in [5, 5.41) is 10.6. The SMILES string of the molecule is COc1ccc2c(C(=O)C(C)(C)C)nn(CC(=O)N(CCCN(C(=O)Cn3nc(C(=O)C(C)(C)C)c4ccc(OC)cc43)C(C)C)C(C)C)c2c1. The van der Waals surface area contributed by atoms with Crippen molar-refractivity contribution >= 4 is 45.2 Å². The predicted molar refractivity (Wildman–Crippen MR) is 198 cm³/mol. The number of ether oxygens (including phenoxy) is 2. The molecule has 51 heavy (non-hydrogen) atoms. The highest BCUT2D eigenvalue weighted by Crippen LogP contribution is 2.30. The lowest BCUT2D eigenvalue weighted by Gasteiger charge is -2.30. The highest BCUT2D eigenvalue weighted by molar-refractivity contribution is 6.09. The Balaban J connectivity index is 1.53. The maximum Gasteiger partial charge on any atom is 0.244 e. The molecule has 0 aliphatic carbocycles. The van der Waals surface area contributed by atoms with Crippen LogP contribution in [0.3, 0.4) is 0 Å². The van der Waals surface area contributed by atoms with Crippen LogP contribution in [0.1, 0.15) is 96.6 Å². The highest BCUT2D eigenvalue weighted by atomic mass is 16.5. The fourth-order valence-corrected chi connectivity index (χ4v) is 6.04. The Bertz CT molecular complexity index is 1790. The molecule has 0 aliphatic heterocycles. The van der Waals surface area contributed by atoms with Gasteiger partial charge in [-0.3, -0.25) is 28.5 Å². The lowest BCUT2D eigenvalue weighted by Crippen LogP contribution is -2.43. The number of Topliss-reactive ketones (excluding diaryl/α,β-unsaturated/α-hetero) is 2. The number of methoxy groups -OCH3 is 2. The molecule has 0 fully saturated rings. The maximum atomic E-state index is 13.8. The number of fused-ring (bicyclic) bond motifs is 2. The minimum Gasteiger partial charge on any atom is -0.497 e. The molecule has 4 rings (SSSR count). The van der Waals surface area contributed by atoms with Crippen molar-refractivity contribution in [2.75, 3.05) is 27.3 Å². The molecule has 12 heteroatoms. The van der Waals surface area contributed by atoms with Crippen molar-refractivity contribution in [2.45, 2.75) is 101 Å². The molecule has 0 unspecified atom stereocenters. The first-order valence-electron chi connectivity index (χ1n) is 17.6. The third-order valence-corrected chi connectivity index (χ3v) is 8.97. The third-order valence-electron chi connectivity index (χ3n) is 8.97. The minimum absolute atomic E-state index is 0.0580. The van der Waals surface area contributed by atoms with Crippen LogP contribution in [0.25, 0.3) is 21.8 Å². The molecule has 0 radical (unpaired) electrons. The van der Waals surface area contributed by atoms with E-state index in [2.05, 4.69) is 10.2 Å². The van der Waals surface area contributed by atoms with Gasteiger partial charge in [-0.05, 0) is 58.4 Å². The molecule has 0 N–H and O–H groups in total. The fourth-order valence-electron chi connectivity index (χ4n) is 6.04. The van der Waals surface area contributed by atoms with Crippen molar-refractivity contribution in [1.82, 2.24) is 29.4 Å². The van der Waals surface area contributed by atoms with Crippen LogP contribution in [0.5, 0.6) is 11.5 Å². The van der Waals surface area contributed by atoms with E-state index >= 15 is 0 Å². The summed E-state index contributed by atoms with van der Waals surface area (Å²) in [6, 6.07) is 10.6. The van der Waals surface area contributed by atoms with Crippen molar-refractivity contribution < 1.29 is 28.7 Å². The molecule has 276 valence electrons. The second-order valence-electron chi connectivity index (χ2n) is 15.7. The van der Waals surface area contributed by atoms with Crippen LogP contribution in [0.15, 0.2) is 36.4 Å². The molecule has 0 saturated heterocycles. The molecule has 0 atom stereocenters. The topological polar surface area (TPSA) is 129 Å². The van der Waals surface area contributed by atoms with Crippen molar-refractivity contribution in [1.29, 1.82) is 0 Å². The van der Waals surface area contributed by atoms with E-state index in [4.69, 9.17) is 9.47 Å². The van der Waals surface area contributed by atoms with Crippen molar-refractivity contribution in [2.24, 2.45) is 10.8 Å². The second-order valence-corrected chi connectivity index (χ2v) is 15.7. The average molecular weight is 703 g/mol. The van der Waals surface area contributed by atoms with Gasteiger partial charge in [-0.25, -0.2) is 0 Å². The lowest BCUT2D eigenvalue weighted by atomic mass is 9.88. The summed E-state index contributed by atoms with van der Waals surface area (Å²) in [4.78, 5) is 57.8. The fraction of sp³-hybridized carbons (Fsp3) is 0.538. The van der Waals surface area contributed by atoms with E-state index in [1.54, 1.807) is 57.6 Å². The Labute approximate surface area is 301 Å². The molecular weight excluding hydrogens is 648 g/mol. The first-order chi connectivity index (χ1) is 23.8. The number of rotatable bonds is 14. The quantitative estimate of drug-likeness (QED) is 0.138. The molecular formula is C39H54N6O6. The lowest BCUT2D eigenvalue weighted by molar-refractivity contribution is -0.134. The van der Waals surface area contributed by atoms with Crippen LogP contribution in [0.2, 0.25) is 0 Å². The third kappa shape index (κ3) is 8.60. The molecule has 2 heterocycles. The Kier molecular flexibility index (Phi) is 11.7. The van der Waals surface area contributed by atoms with Crippen LogP contribution in [-0.4, -0.2) is 92.1 Å². The number of ketones is 2. The van der Waals surface area contributed by atoms with Gasteiger partial charge in [0.2, 0.25) is 11.8 Å². The van der Waals surface area contributed by atoms with Crippen LogP contribution in [0.4, 0.5) is 0 Å². The minimum atomic E-state index is -0.650. The number of benzene rings is 2. The summed E-state index contributed by atoms with van der Waals surface area (Å²) in [7, 11) is 3.14. The molecule has 0 spiro atoms. The van der Waals surface area contributed by atoms with E-state index in [0.29, 0.717) is 64.2 Å². The molecule has 2 amide bonds. The summed E-state index contributed by atoms with van der Waals surface area (Å²) in [5.74, 6) is 0.683. The zero-order valence-corrected chi connectivity index (χ0v) is 32.3. The van der Waals surface area contributed by atoms with Crippen molar-refractivity contribution in [3.05, 3.63) is 47.8 Å². The van der Waals surface area contributed by atoms with Gasteiger partial charge in [-0.15, -0.1) is 0 Å². The monoisotopic (exact) mass is 702 g/mol. The van der Waals surface area contributed by atoms with Gasteiger partial charge in [0.15, 0.2) is 11.6 Å². The molecule has 12 nitrogen and oxygen atoms in total. The molecule has 0 saturated carbocycles. The van der Waals surface area contributed by atoms with Crippen LogP contribution < -0.4 is 9.47 Å². The number of carbonyl (C=O) groups is 4. The van der Waals surface area contributed by atoms with Gasteiger partial charge >= 0.3 is 0 Å². The van der Waals surface area contributed by atoms with E-state index < -0.39 is 10.8 Å². The molecule has 2 aromatic heterocycles. The Morgan fingerprint density at radius 2 is 1.00 bits per heavy atom. The highest BCUT2D eigenvalue weighted by Gasteiger charge is 2.31. The number of amides is 2. The number of hydrogen-bond acceptors (Lipinski definition) is 8. The van der Waals surface area contributed by atoms with Crippen LogP contribution in [0, 0.1) is 10.8 Å². The number of hydrogen-bond donors (Lipinski definition) is 0. The molecule has 4 aromatic rings. The zero-order chi connectivity index (χ0) is 38.0. The van der Waals surface area contributed by atoms with Crippen LogP contribution >= 0.6 is 0 Å². The van der Waals surface area contributed by atoms with Gasteiger partial charge in [-0.1, -0.05) is 41.5 Å². The largest absolute Gasteiger partial charge is 0.497 e. The number of carbonyl (C=O) groups excluding carboxylic acids is 4. The summed E-state index contributed by atoms with van der Waals surface area (Å²) in [6.45, 7) is 19.6. The zero-order valence-electron chi connectivity index (χ0n) is 32.3. The van der Waals surface area contributed by atoms with Crippen LogP contribution in [-0.2, 0) is 22.7 Å². The Morgan fingerprint density at radius 3 is 1.29 bits per heavy atom. The maximum absolute atomic E-state index is 13.8. The first kappa shape index (κ1) is 39.1. The van der Waals surface area contributed by atoms with E-state index in [0.717, 1.165) is 0 Å². The average Bonchev–Trinajstić information content (AvgIpc) is 3.59. The normalized spacial score (nSPS) is 12.2. The van der Waals surface area contributed by atoms with Gasteiger partial charge in [0.1, 0.15) is 36.0 Å². The molecule has 2 aromatic carbocycles. The molecule has 0 aliphatic rings.